The van der Waals surface area contributed by atoms with E-state index in [2.05, 4.69) is 15.5 Å². The van der Waals surface area contributed by atoms with Crippen molar-refractivity contribution in [2.24, 2.45) is 0 Å². The van der Waals surface area contributed by atoms with Gasteiger partial charge in [-0.05, 0) is 17.7 Å². The molecule has 20 heavy (non-hydrogen) atoms. The lowest BCUT2D eigenvalue weighted by Crippen LogP contribution is -2.17. The summed E-state index contributed by atoms with van der Waals surface area (Å²) in [5, 5.41) is 9.80. The molecular formula is C15H12ClN3O. The molecule has 3 rings (SSSR count). The van der Waals surface area contributed by atoms with Gasteiger partial charge in [-0.1, -0.05) is 36.4 Å². The Morgan fingerprint density at radius 2 is 1.95 bits per heavy atom. The summed E-state index contributed by atoms with van der Waals surface area (Å²) in [5.74, 6) is -0.258. The first-order chi connectivity index (χ1) is 9.75. The van der Waals surface area contributed by atoms with Gasteiger partial charge in [0, 0.05) is 5.39 Å². The molecule has 1 unspecified atom stereocenters. The van der Waals surface area contributed by atoms with Crippen molar-refractivity contribution < 1.29 is 4.79 Å². The molecular weight excluding hydrogens is 274 g/mol. The van der Waals surface area contributed by atoms with Crippen LogP contribution in [0, 0.1) is 0 Å². The van der Waals surface area contributed by atoms with E-state index in [4.69, 9.17) is 11.6 Å². The number of carbonyl (C=O) groups excluding carboxylic acids is 1. The van der Waals surface area contributed by atoms with Crippen LogP contribution in [0.1, 0.15) is 10.9 Å². The van der Waals surface area contributed by atoms with E-state index in [9.17, 15) is 4.79 Å². The van der Waals surface area contributed by atoms with Gasteiger partial charge in [-0.15, -0.1) is 11.6 Å². The van der Waals surface area contributed by atoms with E-state index in [1.807, 2.05) is 48.5 Å². The van der Waals surface area contributed by atoms with Crippen molar-refractivity contribution in [1.82, 2.24) is 10.2 Å². The van der Waals surface area contributed by atoms with Crippen LogP contribution in [0.5, 0.6) is 0 Å². The average Bonchev–Trinajstić information content (AvgIpc) is 2.97. The van der Waals surface area contributed by atoms with Crippen LogP contribution in [0.15, 0.2) is 54.7 Å². The minimum absolute atomic E-state index is 0.258. The largest absolute Gasteiger partial charge is 0.324 e. The molecule has 4 nitrogen and oxygen atoms in total. The Labute approximate surface area is 120 Å². The maximum absolute atomic E-state index is 12.2. The van der Waals surface area contributed by atoms with Crippen LogP contribution in [0.2, 0.25) is 0 Å². The summed E-state index contributed by atoms with van der Waals surface area (Å²) in [5.41, 5.74) is 2.34. The molecule has 5 heteroatoms. The molecule has 2 N–H and O–H groups in total. The van der Waals surface area contributed by atoms with Gasteiger partial charge in [0.15, 0.2) is 0 Å². The van der Waals surface area contributed by atoms with E-state index in [0.29, 0.717) is 5.69 Å². The molecule has 0 bridgehead atoms. The van der Waals surface area contributed by atoms with Crippen LogP contribution in [0.4, 0.5) is 5.69 Å². The third kappa shape index (κ3) is 2.38. The van der Waals surface area contributed by atoms with Gasteiger partial charge in [-0.25, -0.2) is 0 Å². The number of aromatic amines is 1. The minimum atomic E-state index is -0.724. The highest BCUT2D eigenvalue weighted by Gasteiger charge is 2.18. The fraction of sp³-hybridized carbons (Fsp3) is 0.0667. The lowest BCUT2D eigenvalue weighted by atomic mass is 10.1. The number of alkyl halides is 1. The Morgan fingerprint density at radius 3 is 2.75 bits per heavy atom. The monoisotopic (exact) mass is 285 g/mol. The molecule has 0 saturated carbocycles. The summed E-state index contributed by atoms with van der Waals surface area (Å²) >= 11 is 6.20. The van der Waals surface area contributed by atoms with Gasteiger partial charge in [-0.3, -0.25) is 9.89 Å². The van der Waals surface area contributed by atoms with Crippen LogP contribution >= 0.6 is 11.6 Å². The summed E-state index contributed by atoms with van der Waals surface area (Å²) < 4.78 is 0. The van der Waals surface area contributed by atoms with E-state index in [1.54, 1.807) is 6.20 Å². The number of hydrogen-bond acceptors (Lipinski definition) is 2. The Hall–Kier alpha value is -2.33. The number of carbonyl (C=O) groups is 1. The van der Waals surface area contributed by atoms with Gasteiger partial charge in [0.2, 0.25) is 5.91 Å². The van der Waals surface area contributed by atoms with E-state index in [1.165, 1.54) is 0 Å². The molecule has 0 fully saturated rings. The minimum Gasteiger partial charge on any atom is -0.324 e. The first-order valence-corrected chi connectivity index (χ1v) is 6.61. The highest BCUT2D eigenvalue weighted by molar-refractivity contribution is 6.32. The molecule has 2 aromatic carbocycles. The van der Waals surface area contributed by atoms with Crippen LogP contribution in [0.25, 0.3) is 10.9 Å². The Balaban J connectivity index is 1.84. The number of hydrogen-bond donors (Lipinski definition) is 2. The Kier molecular flexibility index (Phi) is 3.39. The highest BCUT2D eigenvalue weighted by atomic mass is 35.5. The molecule has 1 atom stereocenters. The maximum atomic E-state index is 12.2. The quantitative estimate of drug-likeness (QED) is 0.724. The number of rotatable bonds is 3. The number of aromatic nitrogens is 2. The van der Waals surface area contributed by atoms with Crippen molar-refractivity contribution in [2.75, 3.05) is 5.32 Å². The number of benzene rings is 2. The standard InChI is InChI=1S/C15H12ClN3O/c16-14(10-5-2-1-3-6-10)15(20)18-12-7-4-8-13-11(12)9-17-19-13/h1-9,14H,(H,17,19)(H,18,20). The number of halogens is 1. The zero-order chi connectivity index (χ0) is 13.9. The Bertz CT molecular complexity index is 739. The summed E-state index contributed by atoms with van der Waals surface area (Å²) in [6, 6.07) is 14.8. The molecule has 3 aromatic rings. The molecule has 0 aliphatic rings. The predicted octanol–water partition coefficient (Wildman–Crippen LogP) is 3.48. The lowest BCUT2D eigenvalue weighted by molar-refractivity contribution is -0.115. The molecule has 0 spiro atoms. The third-order valence-corrected chi connectivity index (χ3v) is 3.52. The SMILES string of the molecule is O=C(Nc1cccc2[nH]ncc12)C(Cl)c1ccccc1. The number of H-pyrrole nitrogens is 1. The van der Waals surface area contributed by atoms with Crippen LogP contribution in [-0.4, -0.2) is 16.1 Å². The fourth-order valence-electron chi connectivity index (χ4n) is 2.05. The zero-order valence-corrected chi connectivity index (χ0v) is 11.3. The van der Waals surface area contributed by atoms with Gasteiger partial charge in [0.1, 0.15) is 5.38 Å². The summed E-state index contributed by atoms with van der Waals surface area (Å²) in [4.78, 5) is 12.2. The predicted molar refractivity (Wildman–Crippen MR) is 79.8 cm³/mol. The van der Waals surface area contributed by atoms with Gasteiger partial charge >= 0.3 is 0 Å². The smallest absolute Gasteiger partial charge is 0.246 e. The van der Waals surface area contributed by atoms with Crippen LogP contribution < -0.4 is 5.32 Å². The number of anilines is 1. The van der Waals surface area contributed by atoms with Crippen molar-refractivity contribution in [3.63, 3.8) is 0 Å². The van der Waals surface area contributed by atoms with E-state index in [-0.39, 0.29) is 5.91 Å². The first kappa shape index (κ1) is 12.7. The van der Waals surface area contributed by atoms with Crippen molar-refractivity contribution in [3.8, 4) is 0 Å². The summed E-state index contributed by atoms with van der Waals surface area (Å²) in [6.45, 7) is 0. The van der Waals surface area contributed by atoms with Crippen LogP contribution in [-0.2, 0) is 4.79 Å². The van der Waals surface area contributed by atoms with Gasteiger partial charge < -0.3 is 5.32 Å². The van der Waals surface area contributed by atoms with Crippen molar-refractivity contribution >= 4 is 34.1 Å². The van der Waals surface area contributed by atoms with Gasteiger partial charge in [-0.2, -0.15) is 5.10 Å². The molecule has 0 aliphatic carbocycles. The maximum Gasteiger partial charge on any atom is 0.246 e. The Morgan fingerprint density at radius 1 is 1.15 bits per heavy atom. The van der Waals surface area contributed by atoms with Gasteiger partial charge in [0.25, 0.3) is 0 Å². The van der Waals surface area contributed by atoms with Crippen LogP contribution in [0.3, 0.4) is 0 Å². The number of nitrogens with one attached hydrogen (secondary N) is 2. The third-order valence-electron chi connectivity index (χ3n) is 3.07. The molecule has 1 amide bonds. The van der Waals surface area contributed by atoms with Crippen molar-refractivity contribution in [2.45, 2.75) is 5.38 Å². The molecule has 1 aromatic heterocycles. The fourth-order valence-corrected chi connectivity index (χ4v) is 2.25. The average molecular weight is 286 g/mol. The highest BCUT2D eigenvalue weighted by Crippen LogP contribution is 2.25. The second-order valence-corrected chi connectivity index (χ2v) is 4.84. The second kappa shape index (κ2) is 5.35. The second-order valence-electron chi connectivity index (χ2n) is 4.40. The van der Waals surface area contributed by atoms with E-state index >= 15 is 0 Å². The van der Waals surface area contributed by atoms with Gasteiger partial charge in [0.05, 0.1) is 17.4 Å². The van der Waals surface area contributed by atoms with Crippen molar-refractivity contribution in [3.05, 3.63) is 60.3 Å². The topological polar surface area (TPSA) is 57.8 Å². The van der Waals surface area contributed by atoms with E-state index in [0.717, 1.165) is 16.5 Å². The zero-order valence-electron chi connectivity index (χ0n) is 10.5. The molecule has 0 aliphatic heterocycles. The molecule has 0 radical (unpaired) electrons. The molecule has 100 valence electrons. The summed E-state index contributed by atoms with van der Waals surface area (Å²) in [7, 11) is 0. The van der Waals surface area contributed by atoms with Crippen molar-refractivity contribution in [1.29, 1.82) is 0 Å². The summed E-state index contributed by atoms with van der Waals surface area (Å²) in [6.07, 6.45) is 1.68. The van der Waals surface area contributed by atoms with E-state index < -0.39 is 5.38 Å². The lowest BCUT2D eigenvalue weighted by Gasteiger charge is -2.11. The number of amides is 1. The molecule has 1 heterocycles. The normalized spacial score (nSPS) is 12.2. The number of fused-ring (bicyclic) bond motifs is 1. The molecule has 0 saturated heterocycles. The first-order valence-electron chi connectivity index (χ1n) is 6.17. The number of nitrogens with zero attached hydrogens (tertiary/aromatic N) is 1.